The van der Waals surface area contributed by atoms with Crippen molar-refractivity contribution >= 4 is 42.6 Å². The fourth-order valence-electron chi connectivity index (χ4n) is 4.70. The van der Waals surface area contributed by atoms with E-state index in [1.54, 1.807) is 36.2 Å². The van der Waals surface area contributed by atoms with Gasteiger partial charge in [0.15, 0.2) is 5.13 Å². The maximum atomic E-state index is 13.7. The molecule has 1 amide bonds. The number of nitrogens with zero attached hydrogens (tertiary/aromatic N) is 3. The third-order valence-electron chi connectivity index (χ3n) is 6.81. The Kier molecular flexibility index (Phi) is 7.18. The van der Waals surface area contributed by atoms with E-state index in [0.717, 1.165) is 47.9 Å². The summed E-state index contributed by atoms with van der Waals surface area (Å²) < 4.78 is 29.0. The monoisotopic (exact) mass is 519 g/mol. The molecule has 36 heavy (non-hydrogen) atoms. The Morgan fingerprint density at radius 1 is 0.917 bits per heavy atom. The molecule has 8 heteroatoms. The highest BCUT2D eigenvalue weighted by atomic mass is 32.2. The molecule has 186 valence electrons. The molecule has 3 aromatic carbocycles. The van der Waals surface area contributed by atoms with Gasteiger partial charge in [0.2, 0.25) is 10.0 Å². The molecule has 0 radical (unpaired) electrons. The number of thiazole rings is 1. The summed E-state index contributed by atoms with van der Waals surface area (Å²) in [6.07, 6.45) is 5.06. The molecule has 1 fully saturated rings. The number of aromatic nitrogens is 1. The van der Waals surface area contributed by atoms with Gasteiger partial charge in [-0.2, -0.15) is 4.31 Å². The molecule has 1 aromatic heterocycles. The first kappa shape index (κ1) is 24.6. The Morgan fingerprint density at radius 3 is 2.28 bits per heavy atom. The van der Waals surface area contributed by atoms with Crippen molar-refractivity contribution in [3.05, 3.63) is 90.0 Å². The fourth-order valence-corrected chi connectivity index (χ4v) is 7.08. The number of para-hydroxylation sites is 1. The molecule has 0 unspecified atom stereocenters. The largest absolute Gasteiger partial charge is 0.279 e. The van der Waals surface area contributed by atoms with Crippen LogP contribution in [-0.2, 0) is 16.6 Å². The van der Waals surface area contributed by atoms with Crippen molar-refractivity contribution in [2.75, 3.05) is 11.9 Å². The first-order chi connectivity index (χ1) is 17.4. The van der Waals surface area contributed by atoms with E-state index < -0.39 is 10.0 Å². The molecule has 5 rings (SSSR count). The normalized spacial score (nSPS) is 14.8. The second-order valence-electron chi connectivity index (χ2n) is 9.18. The average Bonchev–Trinajstić information content (AvgIpc) is 3.36. The molecule has 0 bridgehead atoms. The van der Waals surface area contributed by atoms with Gasteiger partial charge in [-0.3, -0.25) is 9.69 Å². The van der Waals surface area contributed by atoms with E-state index in [-0.39, 0.29) is 16.8 Å². The van der Waals surface area contributed by atoms with Crippen molar-refractivity contribution in [1.29, 1.82) is 0 Å². The van der Waals surface area contributed by atoms with Gasteiger partial charge in [-0.05, 0) is 54.8 Å². The lowest BCUT2D eigenvalue weighted by Gasteiger charge is -2.30. The van der Waals surface area contributed by atoms with Crippen LogP contribution < -0.4 is 4.90 Å². The molecule has 0 N–H and O–H groups in total. The lowest BCUT2D eigenvalue weighted by molar-refractivity contribution is 0.0985. The zero-order valence-corrected chi connectivity index (χ0v) is 21.8. The standard InChI is InChI=1S/C28H29N3O3S2/c1-30(23-12-6-3-7-13-23)36(33,34)24-18-16-22(17-19-24)27(32)31(20-21-10-4-2-5-11-21)28-29-25-14-8-9-15-26(25)35-28/h2,4-5,8-11,14-19,23H,3,6-7,12-13,20H2,1H3. The van der Waals surface area contributed by atoms with Gasteiger partial charge >= 0.3 is 0 Å². The van der Waals surface area contributed by atoms with E-state index in [4.69, 9.17) is 4.98 Å². The van der Waals surface area contributed by atoms with Gasteiger partial charge in [-0.25, -0.2) is 13.4 Å². The van der Waals surface area contributed by atoms with E-state index in [2.05, 4.69) is 0 Å². The highest BCUT2D eigenvalue weighted by Gasteiger charge is 2.29. The first-order valence-electron chi connectivity index (χ1n) is 12.2. The summed E-state index contributed by atoms with van der Waals surface area (Å²) in [6.45, 7) is 0.365. The van der Waals surface area contributed by atoms with E-state index in [1.165, 1.54) is 15.6 Å². The van der Waals surface area contributed by atoms with Gasteiger partial charge < -0.3 is 0 Å². The lowest BCUT2D eigenvalue weighted by atomic mass is 9.96. The van der Waals surface area contributed by atoms with Crippen LogP contribution in [0.1, 0.15) is 48.0 Å². The Labute approximate surface area is 216 Å². The molecule has 0 aliphatic heterocycles. The van der Waals surface area contributed by atoms with Crippen molar-refractivity contribution in [1.82, 2.24) is 9.29 Å². The number of fused-ring (bicyclic) bond motifs is 1. The molecule has 4 aromatic rings. The second-order valence-corrected chi connectivity index (χ2v) is 12.2. The minimum Gasteiger partial charge on any atom is -0.279 e. The average molecular weight is 520 g/mol. The minimum atomic E-state index is -3.62. The minimum absolute atomic E-state index is 0.0328. The summed E-state index contributed by atoms with van der Waals surface area (Å²) in [5, 5.41) is 0.610. The van der Waals surface area contributed by atoms with Crippen molar-refractivity contribution in [2.24, 2.45) is 0 Å². The Morgan fingerprint density at radius 2 is 1.58 bits per heavy atom. The van der Waals surface area contributed by atoms with Gasteiger partial charge in [0.25, 0.3) is 5.91 Å². The molecule has 1 heterocycles. The van der Waals surface area contributed by atoms with Crippen LogP contribution in [0.15, 0.2) is 83.8 Å². The number of sulfonamides is 1. The molecular formula is C28H29N3O3S2. The molecule has 0 saturated heterocycles. The van der Waals surface area contributed by atoms with E-state index in [9.17, 15) is 13.2 Å². The molecule has 1 aliphatic carbocycles. The van der Waals surface area contributed by atoms with Crippen LogP contribution in [0.25, 0.3) is 10.2 Å². The zero-order chi connectivity index (χ0) is 25.1. The summed E-state index contributed by atoms with van der Waals surface area (Å²) in [5.74, 6) is -0.220. The molecule has 0 atom stereocenters. The summed E-state index contributed by atoms with van der Waals surface area (Å²) in [5.41, 5.74) is 2.25. The summed E-state index contributed by atoms with van der Waals surface area (Å²) in [6, 6.07) is 23.9. The van der Waals surface area contributed by atoms with Gasteiger partial charge in [-0.15, -0.1) is 0 Å². The number of benzene rings is 3. The summed E-state index contributed by atoms with van der Waals surface area (Å²) in [4.78, 5) is 20.3. The van der Waals surface area contributed by atoms with Crippen LogP contribution in [0, 0.1) is 0 Å². The third-order valence-corrected chi connectivity index (χ3v) is 9.79. The lowest BCUT2D eigenvalue weighted by Crippen LogP contribution is -2.38. The molecule has 6 nitrogen and oxygen atoms in total. The number of rotatable bonds is 7. The smallest absolute Gasteiger partial charge is 0.260 e. The van der Waals surface area contributed by atoms with Gasteiger partial charge in [0, 0.05) is 18.7 Å². The second kappa shape index (κ2) is 10.5. The SMILES string of the molecule is CN(C1CCCCC1)S(=O)(=O)c1ccc(C(=O)N(Cc2ccccc2)c2nc3ccccc3s2)cc1. The number of anilines is 1. The molecular weight excluding hydrogens is 490 g/mol. The molecule has 1 aliphatic rings. The predicted octanol–water partition coefficient (Wildman–Crippen LogP) is 6.10. The number of hydrogen-bond donors (Lipinski definition) is 0. The van der Waals surface area contributed by atoms with Gasteiger partial charge in [-0.1, -0.05) is 73.1 Å². The number of carbonyl (C=O) groups excluding carboxylic acids is 1. The van der Waals surface area contributed by atoms with Crippen molar-refractivity contribution in [3.8, 4) is 0 Å². The Bertz CT molecular complexity index is 1410. The number of hydrogen-bond acceptors (Lipinski definition) is 5. The number of carbonyl (C=O) groups is 1. The highest BCUT2D eigenvalue weighted by molar-refractivity contribution is 7.89. The Balaban J connectivity index is 1.43. The zero-order valence-electron chi connectivity index (χ0n) is 20.2. The molecule has 1 saturated carbocycles. The van der Waals surface area contributed by atoms with Crippen LogP contribution in [0.3, 0.4) is 0 Å². The summed E-state index contributed by atoms with van der Waals surface area (Å²) in [7, 11) is -1.96. The van der Waals surface area contributed by atoms with Crippen molar-refractivity contribution < 1.29 is 13.2 Å². The Hall–Kier alpha value is -3.07. The first-order valence-corrected chi connectivity index (χ1v) is 14.5. The topological polar surface area (TPSA) is 70.6 Å². The van der Waals surface area contributed by atoms with Crippen molar-refractivity contribution in [3.63, 3.8) is 0 Å². The molecule has 0 spiro atoms. The predicted molar refractivity (Wildman–Crippen MR) is 145 cm³/mol. The quantitative estimate of drug-likeness (QED) is 0.296. The van der Waals surface area contributed by atoms with E-state index in [1.807, 2.05) is 54.6 Å². The van der Waals surface area contributed by atoms with Crippen LogP contribution in [0.2, 0.25) is 0 Å². The van der Waals surface area contributed by atoms with Crippen LogP contribution in [-0.4, -0.2) is 36.7 Å². The van der Waals surface area contributed by atoms with Gasteiger partial charge in [0.05, 0.1) is 21.7 Å². The maximum absolute atomic E-state index is 13.7. The summed E-state index contributed by atoms with van der Waals surface area (Å²) >= 11 is 1.47. The van der Waals surface area contributed by atoms with Crippen LogP contribution in [0.4, 0.5) is 5.13 Å². The van der Waals surface area contributed by atoms with Gasteiger partial charge in [0.1, 0.15) is 0 Å². The maximum Gasteiger partial charge on any atom is 0.260 e. The van der Waals surface area contributed by atoms with Crippen molar-refractivity contribution in [2.45, 2.75) is 49.6 Å². The van der Waals surface area contributed by atoms with Crippen LogP contribution >= 0.6 is 11.3 Å². The fraction of sp³-hybridized carbons (Fsp3) is 0.286. The van der Waals surface area contributed by atoms with Crippen LogP contribution in [0.5, 0.6) is 0 Å². The van der Waals surface area contributed by atoms with E-state index >= 15 is 0 Å². The number of amides is 1. The highest BCUT2D eigenvalue weighted by Crippen LogP contribution is 2.31. The third kappa shape index (κ3) is 5.07. The van der Waals surface area contributed by atoms with E-state index in [0.29, 0.717) is 17.2 Å².